The van der Waals surface area contributed by atoms with Gasteiger partial charge < -0.3 is 9.47 Å². The Kier molecular flexibility index (Phi) is 2.78. The van der Waals surface area contributed by atoms with E-state index in [1.54, 1.807) is 6.07 Å². The third-order valence-electron chi connectivity index (χ3n) is 2.14. The zero-order valence-electron chi connectivity index (χ0n) is 9.92. The van der Waals surface area contributed by atoms with Crippen molar-refractivity contribution < 1.29 is 13.9 Å². The first-order chi connectivity index (χ1) is 7.44. The van der Waals surface area contributed by atoms with Crippen LogP contribution in [0.1, 0.15) is 33.6 Å². The van der Waals surface area contributed by atoms with Crippen LogP contribution in [-0.2, 0) is 0 Å². The summed E-state index contributed by atoms with van der Waals surface area (Å²) in [6.45, 7) is 5.79. The molecule has 0 unspecified atom stereocenters. The van der Waals surface area contributed by atoms with Crippen LogP contribution in [0, 0.1) is 5.82 Å². The molecular weight excluding hydrogens is 207 g/mol. The summed E-state index contributed by atoms with van der Waals surface area (Å²) in [5.74, 6) is 0.820. The maximum atomic E-state index is 13.1. The van der Waals surface area contributed by atoms with Gasteiger partial charge in [-0.05, 0) is 45.7 Å². The number of rotatable bonds is 3. The minimum atomic E-state index is -0.352. The van der Waals surface area contributed by atoms with Gasteiger partial charge in [0, 0.05) is 6.07 Å². The van der Waals surface area contributed by atoms with E-state index < -0.39 is 0 Å². The Labute approximate surface area is 95.4 Å². The van der Waals surface area contributed by atoms with Gasteiger partial charge in [0.15, 0.2) is 11.5 Å². The first-order valence-electron chi connectivity index (χ1n) is 5.59. The number of hydrogen-bond donors (Lipinski definition) is 0. The molecule has 2 nitrogen and oxygen atoms in total. The second-order valence-corrected chi connectivity index (χ2v) is 5.12. The van der Waals surface area contributed by atoms with Crippen molar-refractivity contribution in [2.24, 2.45) is 0 Å². The lowest BCUT2D eigenvalue weighted by molar-refractivity contribution is 0.122. The molecule has 1 saturated carbocycles. The molecule has 1 aromatic carbocycles. The van der Waals surface area contributed by atoms with Crippen LogP contribution in [0.4, 0.5) is 4.39 Å². The molecule has 0 bridgehead atoms. The van der Waals surface area contributed by atoms with E-state index in [4.69, 9.17) is 9.47 Å². The smallest absolute Gasteiger partial charge is 0.164 e. The molecule has 16 heavy (non-hydrogen) atoms. The van der Waals surface area contributed by atoms with E-state index in [9.17, 15) is 4.39 Å². The minimum Gasteiger partial charge on any atom is -0.487 e. The molecule has 0 atom stereocenters. The van der Waals surface area contributed by atoms with Gasteiger partial charge >= 0.3 is 0 Å². The molecule has 88 valence electrons. The van der Waals surface area contributed by atoms with Crippen LogP contribution >= 0.6 is 0 Å². The molecule has 0 saturated heterocycles. The van der Waals surface area contributed by atoms with Crippen LogP contribution in [0.25, 0.3) is 0 Å². The monoisotopic (exact) mass is 224 g/mol. The average Bonchev–Trinajstić information content (AvgIpc) is 2.91. The molecule has 1 aliphatic carbocycles. The Bertz CT molecular complexity index is 378. The molecule has 2 rings (SSSR count). The van der Waals surface area contributed by atoms with Crippen molar-refractivity contribution in [3.8, 4) is 11.5 Å². The molecule has 1 fully saturated rings. The van der Waals surface area contributed by atoms with Crippen LogP contribution in [0.3, 0.4) is 0 Å². The Hall–Kier alpha value is -1.25. The molecule has 0 amide bonds. The molecule has 0 spiro atoms. The molecule has 0 N–H and O–H groups in total. The van der Waals surface area contributed by atoms with Crippen molar-refractivity contribution >= 4 is 0 Å². The second-order valence-electron chi connectivity index (χ2n) is 5.12. The van der Waals surface area contributed by atoms with Crippen LogP contribution in [-0.4, -0.2) is 11.7 Å². The lowest BCUT2D eigenvalue weighted by atomic mass is 10.2. The maximum absolute atomic E-state index is 13.1. The Morgan fingerprint density at radius 1 is 1.19 bits per heavy atom. The van der Waals surface area contributed by atoms with E-state index in [1.807, 2.05) is 20.8 Å². The molecule has 0 aromatic heterocycles. The van der Waals surface area contributed by atoms with Crippen molar-refractivity contribution in [2.75, 3.05) is 0 Å². The van der Waals surface area contributed by atoms with Crippen molar-refractivity contribution in [1.29, 1.82) is 0 Å². The third-order valence-corrected chi connectivity index (χ3v) is 2.14. The highest BCUT2D eigenvalue weighted by molar-refractivity contribution is 5.40. The normalized spacial score (nSPS) is 16.0. The fourth-order valence-corrected chi connectivity index (χ4v) is 1.35. The quantitative estimate of drug-likeness (QED) is 0.781. The van der Waals surface area contributed by atoms with Crippen LogP contribution < -0.4 is 9.47 Å². The lowest BCUT2D eigenvalue weighted by Gasteiger charge is -2.23. The van der Waals surface area contributed by atoms with E-state index in [0.717, 1.165) is 12.8 Å². The largest absolute Gasteiger partial charge is 0.487 e. The average molecular weight is 224 g/mol. The predicted octanol–water partition coefficient (Wildman–Crippen LogP) is 3.54. The van der Waals surface area contributed by atoms with Gasteiger partial charge in [-0.3, -0.25) is 0 Å². The van der Waals surface area contributed by atoms with Gasteiger partial charge in [-0.1, -0.05) is 0 Å². The summed E-state index contributed by atoms with van der Waals surface area (Å²) >= 11 is 0. The number of hydrogen-bond acceptors (Lipinski definition) is 2. The fraction of sp³-hybridized carbons (Fsp3) is 0.538. The first kappa shape index (κ1) is 11.2. The predicted molar refractivity (Wildman–Crippen MR) is 60.4 cm³/mol. The van der Waals surface area contributed by atoms with Crippen molar-refractivity contribution in [1.82, 2.24) is 0 Å². The van der Waals surface area contributed by atoms with E-state index in [-0.39, 0.29) is 17.5 Å². The van der Waals surface area contributed by atoms with E-state index in [0.29, 0.717) is 11.5 Å². The molecule has 3 heteroatoms. The van der Waals surface area contributed by atoms with Gasteiger partial charge in [0.25, 0.3) is 0 Å². The second kappa shape index (κ2) is 3.96. The zero-order chi connectivity index (χ0) is 11.8. The summed E-state index contributed by atoms with van der Waals surface area (Å²) in [6.07, 6.45) is 2.44. The molecule has 0 aliphatic heterocycles. The Morgan fingerprint density at radius 3 is 2.44 bits per heavy atom. The summed E-state index contributed by atoms with van der Waals surface area (Å²) in [5, 5.41) is 0. The first-order valence-corrected chi connectivity index (χ1v) is 5.59. The molecule has 1 aliphatic rings. The van der Waals surface area contributed by atoms with Crippen molar-refractivity contribution in [2.45, 2.75) is 45.3 Å². The number of benzene rings is 1. The lowest BCUT2D eigenvalue weighted by Crippen LogP contribution is -2.23. The van der Waals surface area contributed by atoms with E-state index in [1.165, 1.54) is 12.1 Å². The highest BCUT2D eigenvalue weighted by Gasteiger charge is 2.26. The molecule has 0 radical (unpaired) electrons. The SMILES string of the molecule is CC(C)(C)Oc1cc(F)ccc1OC1CC1. The van der Waals surface area contributed by atoms with Gasteiger partial charge in [-0.2, -0.15) is 0 Å². The van der Waals surface area contributed by atoms with Crippen molar-refractivity contribution in [3.63, 3.8) is 0 Å². The summed E-state index contributed by atoms with van der Waals surface area (Å²) in [5.41, 5.74) is -0.352. The summed E-state index contributed by atoms with van der Waals surface area (Å²) in [7, 11) is 0. The Morgan fingerprint density at radius 2 is 1.88 bits per heavy atom. The topological polar surface area (TPSA) is 18.5 Å². The number of halogens is 1. The van der Waals surface area contributed by atoms with Crippen LogP contribution in [0.15, 0.2) is 18.2 Å². The van der Waals surface area contributed by atoms with Crippen molar-refractivity contribution in [3.05, 3.63) is 24.0 Å². The fourth-order valence-electron chi connectivity index (χ4n) is 1.35. The summed E-state index contributed by atoms with van der Waals surface area (Å²) in [6, 6.07) is 4.41. The summed E-state index contributed by atoms with van der Waals surface area (Å²) in [4.78, 5) is 0. The van der Waals surface area contributed by atoms with Gasteiger partial charge in [-0.15, -0.1) is 0 Å². The third kappa shape index (κ3) is 3.12. The highest BCUT2D eigenvalue weighted by Crippen LogP contribution is 2.35. The van der Waals surface area contributed by atoms with Gasteiger partial charge in [0.05, 0.1) is 6.10 Å². The molecular formula is C13H17FO2. The van der Waals surface area contributed by atoms with Crippen LogP contribution in [0.5, 0.6) is 11.5 Å². The van der Waals surface area contributed by atoms with Crippen LogP contribution in [0.2, 0.25) is 0 Å². The Balaban J connectivity index is 2.20. The van der Waals surface area contributed by atoms with Gasteiger partial charge in [0.2, 0.25) is 0 Å². The number of ether oxygens (including phenoxy) is 2. The van der Waals surface area contributed by atoms with Gasteiger partial charge in [0.1, 0.15) is 11.4 Å². The van der Waals surface area contributed by atoms with E-state index in [2.05, 4.69) is 0 Å². The highest BCUT2D eigenvalue weighted by atomic mass is 19.1. The van der Waals surface area contributed by atoms with E-state index >= 15 is 0 Å². The maximum Gasteiger partial charge on any atom is 0.164 e. The molecule has 0 heterocycles. The standard InChI is InChI=1S/C13H17FO2/c1-13(2,3)16-12-8-9(14)4-7-11(12)15-10-5-6-10/h4,7-8,10H,5-6H2,1-3H3. The zero-order valence-corrected chi connectivity index (χ0v) is 9.92. The summed E-state index contributed by atoms with van der Waals surface area (Å²) < 4.78 is 24.5. The van der Waals surface area contributed by atoms with Gasteiger partial charge in [-0.25, -0.2) is 4.39 Å². The molecule has 1 aromatic rings. The minimum absolute atomic E-state index is 0.285.